The van der Waals surface area contributed by atoms with E-state index in [1.54, 1.807) is 0 Å². The van der Waals surface area contributed by atoms with E-state index in [2.05, 4.69) is 10.2 Å². The lowest BCUT2D eigenvalue weighted by molar-refractivity contribution is -0.133. The zero-order chi connectivity index (χ0) is 17.3. The van der Waals surface area contributed by atoms with Crippen LogP contribution in [0.15, 0.2) is 18.2 Å². The number of fused-ring (bicyclic) bond motifs is 1. The summed E-state index contributed by atoms with van der Waals surface area (Å²) >= 11 is 6.23. The molecule has 2 heterocycles. The van der Waals surface area contributed by atoms with Crippen molar-refractivity contribution < 1.29 is 4.79 Å². The minimum absolute atomic E-state index is 0.127. The van der Waals surface area contributed by atoms with Crippen LogP contribution >= 0.6 is 11.6 Å². The predicted octanol–water partition coefficient (Wildman–Crippen LogP) is 1.79. The van der Waals surface area contributed by atoms with Crippen molar-refractivity contribution in [3.05, 3.63) is 46.0 Å². The Kier molecular flexibility index (Phi) is 4.87. The zero-order valence-electron chi connectivity index (χ0n) is 14.3. The number of hydrogen-bond donors (Lipinski definition) is 0. The van der Waals surface area contributed by atoms with Gasteiger partial charge in [0.1, 0.15) is 11.6 Å². The molecule has 7 heteroatoms. The van der Waals surface area contributed by atoms with Crippen LogP contribution in [-0.4, -0.2) is 50.6 Å². The van der Waals surface area contributed by atoms with Gasteiger partial charge in [-0.1, -0.05) is 23.7 Å². The molecule has 0 aliphatic carbocycles. The summed E-state index contributed by atoms with van der Waals surface area (Å²) in [5.41, 5.74) is 2.32. The quantitative estimate of drug-likeness (QED) is 0.846. The van der Waals surface area contributed by atoms with Gasteiger partial charge in [0.25, 0.3) is 0 Å². The fourth-order valence-electron chi connectivity index (χ4n) is 2.99. The first-order chi connectivity index (χ1) is 11.5. The van der Waals surface area contributed by atoms with E-state index in [1.165, 1.54) is 5.56 Å². The van der Waals surface area contributed by atoms with E-state index < -0.39 is 0 Å². The van der Waals surface area contributed by atoms with E-state index >= 15 is 0 Å². The van der Waals surface area contributed by atoms with Crippen molar-refractivity contribution in [3.8, 4) is 0 Å². The predicted molar refractivity (Wildman–Crippen MR) is 92.6 cm³/mol. The highest BCUT2D eigenvalue weighted by molar-refractivity contribution is 6.31. The maximum atomic E-state index is 12.6. The lowest BCUT2D eigenvalue weighted by Crippen LogP contribution is -2.41. The van der Waals surface area contributed by atoms with E-state index in [0.29, 0.717) is 26.2 Å². The summed E-state index contributed by atoms with van der Waals surface area (Å²) in [6.45, 7) is 4.22. The van der Waals surface area contributed by atoms with Gasteiger partial charge in [-0.05, 0) is 37.6 Å². The molecule has 2 aromatic rings. The minimum Gasteiger partial charge on any atom is -0.337 e. The molecule has 24 heavy (non-hydrogen) atoms. The molecule has 1 aliphatic rings. The molecule has 1 aliphatic heterocycles. The van der Waals surface area contributed by atoms with Crippen LogP contribution in [0.3, 0.4) is 0 Å². The Morgan fingerprint density at radius 1 is 1.38 bits per heavy atom. The highest BCUT2D eigenvalue weighted by Gasteiger charge is 2.23. The van der Waals surface area contributed by atoms with Gasteiger partial charge < -0.3 is 9.47 Å². The van der Waals surface area contributed by atoms with Gasteiger partial charge in [0.2, 0.25) is 5.91 Å². The Hall–Kier alpha value is -1.92. The number of carbonyl (C=O) groups excluding carboxylic acids is 1. The molecule has 0 atom stereocenters. The lowest BCUT2D eigenvalue weighted by Gasteiger charge is -2.30. The normalized spacial score (nSPS) is 14.1. The number of aromatic nitrogens is 3. The first-order valence-corrected chi connectivity index (χ1v) is 8.41. The highest BCUT2D eigenvalue weighted by Crippen LogP contribution is 2.25. The molecule has 6 nitrogen and oxygen atoms in total. The van der Waals surface area contributed by atoms with Crippen molar-refractivity contribution >= 4 is 17.5 Å². The van der Waals surface area contributed by atoms with E-state index in [0.717, 1.165) is 28.7 Å². The second-order valence-corrected chi connectivity index (χ2v) is 6.74. The third-order valence-electron chi connectivity index (χ3n) is 4.56. The summed E-state index contributed by atoms with van der Waals surface area (Å²) in [6, 6.07) is 5.90. The first-order valence-electron chi connectivity index (χ1n) is 8.03. The number of rotatable bonds is 4. The second kappa shape index (κ2) is 6.91. The molecule has 0 N–H and O–H groups in total. The monoisotopic (exact) mass is 347 g/mol. The number of hydrogen-bond acceptors (Lipinski definition) is 4. The van der Waals surface area contributed by atoms with Crippen LogP contribution in [0, 0.1) is 6.92 Å². The first kappa shape index (κ1) is 16.9. The Balaban J connectivity index is 1.60. The maximum Gasteiger partial charge on any atom is 0.237 e. The second-order valence-electron chi connectivity index (χ2n) is 6.34. The van der Waals surface area contributed by atoms with E-state index in [-0.39, 0.29) is 5.91 Å². The van der Waals surface area contributed by atoms with Crippen molar-refractivity contribution in [2.45, 2.75) is 26.4 Å². The average molecular weight is 348 g/mol. The van der Waals surface area contributed by atoms with Crippen molar-refractivity contribution in [3.63, 3.8) is 0 Å². The SMILES string of the molecule is Cc1nnc(CN(C)CC(=O)N2CCc3c(Cl)cccc3C2)n1C. The molecule has 1 amide bonds. The summed E-state index contributed by atoms with van der Waals surface area (Å²) in [6.07, 6.45) is 0.812. The standard InChI is InChI=1S/C17H22ClN5O/c1-12-19-20-16(22(12)3)10-21(2)11-17(24)23-8-7-14-13(9-23)5-4-6-15(14)18/h4-6H,7-11H2,1-3H3. The van der Waals surface area contributed by atoms with Gasteiger partial charge >= 0.3 is 0 Å². The summed E-state index contributed by atoms with van der Waals surface area (Å²) in [4.78, 5) is 16.5. The Bertz CT molecular complexity index is 757. The molecule has 0 spiro atoms. The molecule has 0 saturated heterocycles. The van der Waals surface area contributed by atoms with Gasteiger partial charge in [0.15, 0.2) is 0 Å². The van der Waals surface area contributed by atoms with Crippen molar-refractivity contribution in [2.75, 3.05) is 20.1 Å². The zero-order valence-corrected chi connectivity index (χ0v) is 15.0. The number of aryl methyl sites for hydroxylation is 1. The van der Waals surface area contributed by atoms with E-state index in [1.807, 2.05) is 53.6 Å². The molecule has 0 radical (unpaired) electrons. The van der Waals surface area contributed by atoms with Crippen LogP contribution in [0.5, 0.6) is 0 Å². The summed E-state index contributed by atoms with van der Waals surface area (Å²) < 4.78 is 1.94. The molecular formula is C17H22ClN5O. The maximum absolute atomic E-state index is 12.6. The van der Waals surface area contributed by atoms with Gasteiger partial charge in [0.05, 0.1) is 13.1 Å². The van der Waals surface area contributed by atoms with Gasteiger partial charge in [-0.15, -0.1) is 10.2 Å². The fourth-order valence-corrected chi connectivity index (χ4v) is 3.28. The van der Waals surface area contributed by atoms with Crippen LogP contribution in [0.4, 0.5) is 0 Å². The average Bonchev–Trinajstić information content (AvgIpc) is 2.86. The molecule has 1 aromatic carbocycles. The number of amides is 1. The number of halogens is 1. The van der Waals surface area contributed by atoms with Gasteiger partial charge in [-0.2, -0.15) is 0 Å². The van der Waals surface area contributed by atoms with Crippen molar-refractivity contribution in [1.29, 1.82) is 0 Å². The van der Waals surface area contributed by atoms with Crippen LogP contribution in [0.2, 0.25) is 5.02 Å². The van der Waals surface area contributed by atoms with Crippen LogP contribution in [0.25, 0.3) is 0 Å². The fraction of sp³-hybridized carbons (Fsp3) is 0.471. The number of carbonyl (C=O) groups is 1. The summed E-state index contributed by atoms with van der Waals surface area (Å²) in [7, 11) is 3.86. The topological polar surface area (TPSA) is 54.3 Å². The smallest absolute Gasteiger partial charge is 0.237 e. The molecule has 0 fully saturated rings. The molecule has 3 rings (SSSR count). The number of benzene rings is 1. The molecule has 0 saturated carbocycles. The van der Waals surface area contributed by atoms with Gasteiger partial charge in [-0.3, -0.25) is 9.69 Å². The lowest BCUT2D eigenvalue weighted by atomic mass is 10.00. The molecule has 0 bridgehead atoms. The highest BCUT2D eigenvalue weighted by atomic mass is 35.5. The summed E-state index contributed by atoms with van der Waals surface area (Å²) in [5, 5.41) is 9.00. The van der Waals surface area contributed by atoms with Crippen molar-refractivity contribution in [1.82, 2.24) is 24.6 Å². The molecule has 128 valence electrons. The summed E-state index contributed by atoms with van der Waals surface area (Å²) in [5.74, 6) is 1.86. The van der Waals surface area contributed by atoms with Crippen molar-refractivity contribution in [2.24, 2.45) is 7.05 Å². The largest absolute Gasteiger partial charge is 0.337 e. The third kappa shape index (κ3) is 3.44. The van der Waals surface area contributed by atoms with E-state index in [4.69, 9.17) is 11.6 Å². The Morgan fingerprint density at radius 2 is 2.17 bits per heavy atom. The molecule has 1 aromatic heterocycles. The van der Waals surface area contributed by atoms with Crippen LogP contribution < -0.4 is 0 Å². The molecular weight excluding hydrogens is 326 g/mol. The third-order valence-corrected chi connectivity index (χ3v) is 4.91. The molecule has 0 unspecified atom stereocenters. The number of nitrogens with zero attached hydrogens (tertiary/aromatic N) is 5. The minimum atomic E-state index is 0.127. The van der Waals surface area contributed by atoms with Crippen LogP contribution in [-0.2, 0) is 31.4 Å². The Labute approximate surface area is 147 Å². The van der Waals surface area contributed by atoms with E-state index in [9.17, 15) is 4.79 Å². The number of likely N-dealkylation sites (N-methyl/N-ethyl adjacent to an activating group) is 1. The van der Waals surface area contributed by atoms with Gasteiger partial charge in [-0.25, -0.2) is 0 Å². The Morgan fingerprint density at radius 3 is 2.88 bits per heavy atom. The van der Waals surface area contributed by atoms with Gasteiger partial charge in [0, 0.05) is 25.2 Å². The van der Waals surface area contributed by atoms with Crippen LogP contribution in [0.1, 0.15) is 22.8 Å².